The summed E-state index contributed by atoms with van der Waals surface area (Å²) in [5.41, 5.74) is -0.269. The van der Waals surface area contributed by atoms with E-state index in [0.29, 0.717) is 0 Å². The first-order valence-electron chi connectivity index (χ1n) is 5.89. The van der Waals surface area contributed by atoms with Gasteiger partial charge in [-0.15, -0.1) is 0 Å². The summed E-state index contributed by atoms with van der Waals surface area (Å²) in [7, 11) is 0. The molecular formula is C14H10N2O8. The Labute approximate surface area is 134 Å². The predicted molar refractivity (Wildman–Crippen MR) is 74.4 cm³/mol. The van der Waals surface area contributed by atoms with Gasteiger partial charge in [0.1, 0.15) is 11.4 Å². The first-order valence-corrected chi connectivity index (χ1v) is 5.89. The summed E-state index contributed by atoms with van der Waals surface area (Å²) in [4.78, 5) is 54.1. The second kappa shape index (κ2) is 10.8. The van der Waals surface area contributed by atoms with Gasteiger partial charge in [-0.05, 0) is 24.3 Å². The van der Waals surface area contributed by atoms with E-state index in [-0.39, 0.29) is 23.1 Å². The van der Waals surface area contributed by atoms with Gasteiger partial charge in [-0.25, -0.2) is 24.4 Å². The Hall–Kier alpha value is -3.91. The Balaban J connectivity index is 0.000000390. The number of carbonyl (C=O) groups is 3. The fraction of sp³-hybridized carbons (Fsp3) is 0. The molecule has 124 valence electrons. The molecule has 0 radical (unpaired) electrons. The molecule has 2 rings (SSSR count). The van der Waals surface area contributed by atoms with Gasteiger partial charge in [-0.3, -0.25) is 0 Å². The molecule has 10 heteroatoms. The van der Waals surface area contributed by atoms with Crippen LogP contribution in [0.25, 0.3) is 0 Å². The lowest BCUT2D eigenvalue weighted by atomic mass is 10.2. The number of nitrogens with zero attached hydrogens (tertiary/aromatic N) is 2. The molecule has 0 saturated heterocycles. The van der Waals surface area contributed by atoms with Gasteiger partial charge in [0, 0.05) is 12.4 Å². The minimum atomic E-state index is -1.24. The van der Waals surface area contributed by atoms with E-state index in [1.807, 2.05) is 0 Å². The van der Waals surface area contributed by atoms with Crippen molar-refractivity contribution in [3.05, 3.63) is 59.7 Å². The zero-order valence-electron chi connectivity index (χ0n) is 11.8. The van der Waals surface area contributed by atoms with Gasteiger partial charge < -0.3 is 15.3 Å². The average molecular weight is 334 g/mol. The van der Waals surface area contributed by atoms with Crippen molar-refractivity contribution in [1.82, 2.24) is 9.97 Å². The molecule has 0 aliphatic carbocycles. The fourth-order valence-electron chi connectivity index (χ4n) is 1.17. The van der Waals surface area contributed by atoms with E-state index in [1.54, 1.807) is 12.1 Å². The van der Waals surface area contributed by atoms with Crippen LogP contribution >= 0.6 is 0 Å². The largest absolute Gasteiger partial charge is 0.478 e. The average Bonchev–Trinajstić information content (AvgIpc) is 2.57. The number of hydrogen-bond acceptors (Lipinski definition) is 7. The fourth-order valence-corrected chi connectivity index (χ4v) is 1.17. The highest BCUT2D eigenvalue weighted by molar-refractivity contribution is 5.92. The molecule has 2 heterocycles. The zero-order chi connectivity index (χ0) is 18.5. The van der Waals surface area contributed by atoms with Crippen LogP contribution in [0.15, 0.2) is 42.7 Å². The summed E-state index contributed by atoms with van der Waals surface area (Å²) in [6.45, 7) is 0. The van der Waals surface area contributed by atoms with Gasteiger partial charge in [0.05, 0.1) is 5.56 Å². The smallest absolute Gasteiger partial charge is 0.373 e. The number of pyridine rings is 2. The predicted octanol–water partition coefficient (Wildman–Crippen LogP) is 0.674. The van der Waals surface area contributed by atoms with Crippen LogP contribution in [0, 0.1) is 0 Å². The quantitative estimate of drug-likeness (QED) is 0.724. The van der Waals surface area contributed by atoms with Crippen molar-refractivity contribution in [2.75, 3.05) is 0 Å². The number of hydrogen-bond donors (Lipinski definition) is 3. The minimum Gasteiger partial charge on any atom is -0.478 e. The lowest BCUT2D eigenvalue weighted by Gasteiger charge is -1.94. The van der Waals surface area contributed by atoms with Crippen molar-refractivity contribution < 1.29 is 39.3 Å². The molecule has 0 atom stereocenters. The molecule has 0 unspecified atom stereocenters. The highest BCUT2D eigenvalue weighted by Crippen LogP contribution is 2.01. The first kappa shape index (κ1) is 20.1. The number of rotatable bonds is 3. The highest BCUT2D eigenvalue weighted by Gasteiger charge is 2.08. The molecule has 24 heavy (non-hydrogen) atoms. The second-order valence-electron chi connectivity index (χ2n) is 3.64. The van der Waals surface area contributed by atoms with Crippen LogP contribution in [0.3, 0.4) is 0 Å². The molecule has 10 nitrogen and oxygen atoms in total. The summed E-state index contributed by atoms with van der Waals surface area (Å²) < 4.78 is 0. The summed E-state index contributed by atoms with van der Waals surface area (Å²) in [6.07, 6.45) is 2.84. The van der Waals surface area contributed by atoms with Crippen LogP contribution in [0.4, 0.5) is 0 Å². The molecule has 0 bridgehead atoms. The SMILES string of the molecule is O=C(O)c1ccccn1.O=C(O)c1ccnc(C(=O)O)c1.O=C=O. The van der Waals surface area contributed by atoms with Crippen molar-refractivity contribution in [3.63, 3.8) is 0 Å². The third-order valence-corrected chi connectivity index (χ3v) is 2.11. The van der Waals surface area contributed by atoms with E-state index in [1.165, 1.54) is 18.3 Å². The summed E-state index contributed by atoms with van der Waals surface area (Å²) >= 11 is 0. The van der Waals surface area contributed by atoms with Crippen LogP contribution in [0.1, 0.15) is 31.3 Å². The van der Waals surface area contributed by atoms with E-state index < -0.39 is 17.9 Å². The lowest BCUT2D eigenvalue weighted by Crippen LogP contribution is -2.03. The summed E-state index contributed by atoms with van der Waals surface area (Å²) in [5, 5.41) is 25.2. The molecule has 2 aromatic rings. The Kier molecular flexibility index (Phi) is 9.01. The van der Waals surface area contributed by atoms with Gasteiger partial charge in [0.2, 0.25) is 0 Å². The van der Waals surface area contributed by atoms with Crippen LogP contribution in [-0.4, -0.2) is 49.3 Å². The molecular weight excluding hydrogens is 324 g/mol. The summed E-state index contributed by atoms with van der Waals surface area (Å²) in [6, 6.07) is 6.99. The first-order chi connectivity index (χ1) is 11.3. The molecule has 0 aromatic carbocycles. The van der Waals surface area contributed by atoms with E-state index >= 15 is 0 Å². The molecule has 3 N–H and O–H groups in total. The van der Waals surface area contributed by atoms with E-state index in [0.717, 1.165) is 12.3 Å². The van der Waals surface area contributed by atoms with Crippen molar-refractivity contribution >= 4 is 24.1 Å². The third kappa shape index (κ3) is 7.76. The minimum absolute atomic E-state index is 0.0810. The molecule has 2 aromatic heterocycles. The van der Waals surface area contributed by atoms with Crippen LogP contribution in [-0.2, 0) is 9.59 Å². The van der Waals surface area contributed by atoms with E-state index in [9.17, 15) is 14.4 Å². The Morgan fingerprint density at radius 3 is 1.71 bits per heavy atom. The standard InChI is InChI=1S/C7H5NO4.C6H5NO2.CO2/c9-6(10)4-1-2-8-5(3-4)7(11)12;8-6(9)5-3-1-2-4-7-5;2-1-3/h1-3H,(H,9,10)(H,11,12);1-4H,(H,8,9);. The van der Waals surface area contributed by atoms with E-state index in [4.69, 9.17) is 24.9 Å². The van der Waals surface area contributed by atoms with Crippen molar-refractivity contribution in [1.29, 1.82) is 0 Å². The summed E-state index contributed by atoms with van der Waals surface area (Å²) in [5.74, 6) is -3.39. The molecule has 0 aliphatic rings. The van der Waals surface area contributed by atoms with Crippen LogP contribution in [0.5, 0.6) is 0 Å². The maximum atomic E-state index is 10.4. The van der Waals surface area contributed by atoms with Crippen LogP contribution < -0.4 is 0 Å². The maximum absolute atomic E-state index is 10.4. The van der Waals surface area contributed by atoms with Crippen molar-refractivity contribution in [2.45, 2.75) is 0 Å². The number of carboxylic acids is 3. The third-order valence-electron chi connectivity index (χ3n) is 2.11. The van der Waals surface area contributed by atoms with E-state index in [2.05, 4.69) is 9.97 Å². The van der Waals surface area contributed by atoms with Gasteiger partial charge in [-0.1, -0.05) is 6.07 Å². The van der Waals surface area contributed by atoms with Gasteiger partial charge in [0.25, 0.3) is 0 Å². The highest BCUT2D eigenvalue weighted by atomic mass is 16.4. The van der Waals surface area contributed by atoms with Gasteiger partial charge in [0.15, 0.2) is 0 Å². The molecule has 0 aliphatic heterocycles. The normalized spacial score (nSPS) is 8.33. The number of aromatic nitrogens is 2. The maximum Gasteiger partial charge on any atom is 0.373 e. The zero-order valence-corrected chi connectivity index (χ0v) is 11.8. The Bertz CT molecular complexity index is 710. The topological polar surface area (TPSA) is 172 Å². The molecule has 0 saturated carbocycles. The lowest BCUT2D eigenvalue weighted by molar-refractivity contribution is -0.191. The number of carbonyl (C=O) groups excluding carboxylic acids is 2. The number of aromatic carboxylic acids is 3. The van der Waals surface area contributed by atoms with Crippen molar-refractivity contribution in [2.24, 2.45) is 0 Å². The van der Waals surface area contributed by atoms with Gasteiger partial charge in [-0.2, -0.15) is 9.59 Å². The Morgan fingerprint density at radius 2 is 1.33 bits per heavy atom. The molecule has 0 spiro atoms. The van der Waals surface area contributed by atoms with Crippen molar-refractivity contribution in [3.8, 4) is 0 Å². The van der Waals surface area contributed by atoms with Crippen LogP contribution in [0.2, 0.25) is 0 Å². The molecule has 0 fully saturated rings. The Morgan fingerprint density at radius 1 is 0.792 bits per heavy atom. The van der Waals surface area contributed by atoms with Gasteiger partial charge >= 0.3 is 24.1 Å². The second-order valence-corrected chi connectivity index (χ2v) is 3.64. The number of carboxylic acid groups (broad SMARTS) is 3. The molecule has 0 amide bonds. The monoisotopic (exact) mass is 334 g/mol.